The van der Waals surface area contributed by atoms with Gasteiger partial charge in [-0.1, -0.05) is 34.5 Å². The number of pyridine rings is 4. The topological polar surface area (TPSA) is 150 Å². The summed E-state index contributed by atoms with van der Waals surface area (Å²) in [6.07, 6.45) is 15.2. The molecule has 0 aromatic carbocycles. The van der Waals surface area contributed by atoms with E-state index >= 15 is 0 Å². The Morgan fingerprint density at radius 3 is 1.89 bits per heavy atom. The molecule has 0 unspecified atom stereocenters. The van der Waals surface area contributed by atoms with E-state index in [1.165, 1.54) is 21.8 Å². The number of rotatable bonds is 10. The number of halogens is 2. The molecule has 280 valence electrons. The average Bonchev–Trinajstić information content (AvgIpc) is 3.96. The number of thiazole rings is 2. The number of nitrogens with one attached hydrogen (secondary N) is 3. The van der Waals surface area contributed by atoms with Crippen LogP contribution in [0.5, 0.6) is 0 Å². The molecule has 8 rings (SSSR count). The van der Waals surface area contributed by atoms with Gasteiger partial charge < -0.3 is 20.0 Å². The number of nitrogens with zero attached hydrogens (tertiary/aromatic N) is 7. The largest absolute Gasteiger partial charge is 0.443 e. The minimum Gasteiger partial charge on any atom is -0.443 e. The van der Waals surface area contributed by atoms with Crippen molar-refractivity contribution in [3.8, 4) is 0 Å². The predicted octanol–water partition coefficient (Wildman–Crippen LogP) is 9.87. The van der Waals surface area contributed by atoms with Crippen molar-refractivity contribution in [2.45, 2.75) is 52.3 Å². The van der Waals surface area contributed by atoms with Crippen LogP contribution >= 0.6 is 45.9 Å². The van der Waals surface area contributed by atoms with Gasteiger partial charge in [-0.25, -0.2) is 29.6 Å². The minimum atomic E-state index is -0.630. The zero-order valence-electron chi connectivity index (χ0n) is 30.1. The quantitative estimate of drug-likeness (QED) is 0.123. The maximum Gasteiger partial charge on any atom is 0.416 e. The van der Waals surface area contributed by atoms with Gasteiger partial charge in [0.2, 0.25) is 0 Å². The lowest BCUT2D eigenvalue weighted by molar-refractivity contribution is 0.0577. The van der Waals surface area contributed by atoms with Crippen molar-refractivity contribution in [2.75, 3.05) is 10.2 Å². The van der Waals surface area contributed by atoms with Crippen molar-refractivity contribution in [1.82, 2.24) is 39.9 Å². The number of ether oxygens (including phenoxy) is 1. The molecule has 0 saturated heterocycles. The summed E-state index contributed by atoms with van der Waals surface area (Å²) in [5.74, 6) is 0. The number of amides is 1. The Morgan fingerprint density at radius 2 is 1.31 bits per heavy atom. The third-order valence-electron chi connectivity index (χ3n) is 8.19. The lowest BCUT2D eigenvalue weighted by atomic mass is 10.1. The molecule has 0 saturated carbocycles. The van der Waals surface area contributed by atoms with Crippen LogP contribution in [0.15, 0.2) is 98.1 Å². The van der Waals surface area contributed by atoms with Gasteiger partial charge in [0.1, 0.15) is 27.2 Å². The van der Waals surface area contributed by atoms with E-state index in [1.807, 2.05) is 75.6 Å². The van der Waals surface area contributed by atoms with E-state index < -0.39 is 11.7 Å². The van der Waals surface area contributed by atoms with Gasteiger partial charge in [-0.2, -0.15) is 0 Å². The van der Waals surface area contributed by atoms with Crippen LogP contribution in [0.2, 0.25) is 10.3 Å². The lowest BCUT2D eigenvalue weighted by Gasteiger charge is -2.25. The SMILES string of the molecule is CC(C)(C)OC(=O)N(Cc1ccncc1)c1nc(Cl)c(Cc2c[nH]c3ncccc23)s1.Clc1nc(NCc2ccncc2)sc1Cc1c[nH]c2ncccc12. The van der Waals surface area contributed by atoms with Gasteiger partial charge in [0.25, 0.3) is 0 Å². The Hall–Kier alpha value is -5.41. The third-order valence-corrected chi connectivity index (χ3v) is 11.1. The fourth-order valence-corrected chi connectivity index (χ4v) is 8.07. The van der Waals surface area contributed by atoms with Crippen molar-refractivity contribution >= 4 is 84.3 Å². The van der Waals surface area contributed by atoms with Gasteiger partial charge >= 0.3 is 6.09 Å². The highest BCUT2D eigenvalue weighted by Gasteiger charge is 2.27. The number of anilines is 2. The Morgan fingerprint density at radius 1 is 0.764 bits per heavy atom. The molecule has 55 heavy (non-hydrogen) atoms. The number of carbonyl (C=O) groups excluding carboxylic acids is 1. The number of aromatic nitrogens is 8. The summed E-state index contributed by atoms with van der Waals surface area (Å²) < 4.78 is 5.62. The van der Waals surface area contributed by atoms with Gasteiger partial charge in [0.15, 0.2) is 10.3 Å². The summed E-state index contributed by atoms with van der Waals surface area (Å²) in [5, 5.41) is 7.71. The van der Waals surface area contributed by atoms with Crippen LogP contribution in [0.1, 0.15) is 52.8 Å². The normalized spacial score (nSPS) is 11.4. The van der Waals surface area contributed by atoms with E-state index in [0.29, 0.717) is 34.9 Å². The van der Waals surface area contributed by atoms with Crippen molar-refractivity contribution in [3.63, 3.8) is 0 Å². The number of fused-ring (bicyclic) bond motifs is 2. The maximum atomic E-state index is 13.0. The molecule has 3 N–H and O–H groups in total. The van der Waals surface area contributed by atoms with Crippen LogP contribution in [0.3, 0.4) is 0 Å². The van der Waals surface area contributed by atoms with E-state index in [9.17, 15) is 4.79 Å². The Labute approximate surface area is 335 Å². The predicted molar refractivity (Wildman–Crippen MR) is 220 cm³/mol. The Kier molecular flexibility index (Phi) is 11.7. The molecule has 0 radical (unpaired) electrons. The second-order valence-corrected chi connectivity index (χ2v) is 16.2. The molecule has 8 heterocycles. The third kappa shape index (κ3) is 9.64. The molecule has 12 nitrogen and oxygen atoms in total. The Balaban J connectivity index is 0.000000174. The maximum absolute atomic E-state index is 13.0. The van der Waals surface area contributed by atoms with Crippen LogP contribution in [0, 0.1) is 0 Å². The molecular weight excluding hydrogens is 776 g/mol. The van der Waals surface area contributed by atoms with E-state index in [1.54, 1.807) is 48.5 Å². The van der Waals surface area contributed by atoms with Crippen molar-refractivity contribution < 1.29 is 9.53 Å². The zero-order valence-corrected chi connectivity index (χ0v) is 33.2. The molecule has 0 bridgehead atoms. The molecule has 1 amide bonds. The highest BCUT2D eigenvalue weighted by Crippen LogP contribution is 2.35. The number of hydrogen-bond acceptors (Lipinski definition) is 11. The summed E-state index contributed by atoms with van der Waals surface area (Å²) in [6.45, 7) is 6.50. The highest BCUT2D eigenvalue weighted by molar-refractivity contribution is 7.16. The van der Waals surface area contributed by atoms with E-state index in [2.05, 4.69) is 51.3 Å². The number of hydrogen-bond donors (Lipinski definition) is 3. The van der Waals surface area contributed by atoms with E-state index in [4.69, 9.17) is 27.9 Å². The first-order chi connectivity index (χ1) is 26.6. The fraction of sp³-hybridized carbons (Fsp3) is 0.205. The summed E-state index contributed by atoms with van der Waals surface area (Å²) >= 11 is 15.8. The molecular formula is C39H36Cl2N10O2S2. The second-order valence-electron chi connectivity index (χ2n) is 13.4. The van der Waals surface area contributed by atoms with E-state index in [-0.39, 0.29) is 0 Å². The summed E-state index contributed by atoms with van der Waals surface area (Å²) in [7, 11) is 0. The molecule has 8 aromatic heterocycles. The summed E-state index contributed by atoms with van der Waals surface area (Å²) in [6, 6.07) is 15.6. The van der Waals surface area contributed by atoms with Crippen molar-refractivity contribution in [2.24, 2.45) is 0 Å². The number of aromatic amines is 2. The second kappa shape index (κ2) is 16.9. The van der Waals surface area contributed by atoms with Crippen LogP contribution < -0.4 is 10.2 Å². The zero-order chi connectivity index (χ0) is 38.4. The molecule has 0 aliphatic carbocycles. The molecule has 0 spiro atoms. The van der Waals surface area contributed by atoms with Crippen LogP contribution in [-0.4, -0.2) is 51.6 Å². The summed E-state index contributed by atoms with van der Waals surface area (Å²) in [5.41, 5.74) is 5.39. The van der Waals surface area contributed by atoms with Crippen molar-refractivity contribution in [1.29, 1.82) is 0 Å². The number of H-pyrrole nitrogens is 2. The highest BCUT2D eigenvalue weighted by atomic mass is 35.5. The van der Waals surface area contributed by atoms with Crippen LogP contribution in [0.4, 0.5) is 15.1 Å². The van der Waals surface area contributed by atoms with Gasteiger partial charge in [-0.3, -0.25) is 9.97 Å². The first kappa shape index (κ1) is 37.9. The van der Waals surface area contributed by atoms with Crippen LogP contribution in [0.25, 0.3) is 22.1 Å². The molecule has 16 heteroatoms. The lowest BCUT2D eigenvalue weighted by Crippen LogP contribution is -2.36. The minimum absolute atomic E-state index is 0.303. The standard InChI is InChI=1S/C22H22ClN5O2S.C17H14ClN5S/c1-22(2,3)30-21(29)28(13-14-6-9-24-10-7-14)20-27-18(23)17(31-20)11-15-12-26-19-16(15)5-4-8-25-19;18-15-14(8-12-10-21-16-13(12)2-1-5-20-16)24-17(23-15)22-9-11-3-6-19-7-4-11/h4-10,12H,11,13H2,1-3H3,(H,25,26);1-7,10H,8-9H2,(H,20,21)(H,22,23). The molecule has 0 aliphatic rings. The molecule has 0 atom stereocenters. The fourth-order valence-electron chi connectivity index (χ4n) is 5.60. The van der Waals surface area contributed by atoms with Gasteiger partial charge in [0.05, 0.1) is 16.3 Å². The van der Waals surface area contributed by atoms with Crippen molar-refractivity contribution in [3.05, 3.63) is 140 Å². The first-order valence-electron chi connectivity index (χ1n) is 17.2. The van der Waals surface area contributed by atoms with E-state index in [0.717, 1.165) is 60.1 Å². The summed E-state index contributed by atoms with van der Waals surface area (Å²) in [4.78, 5) is 48.4. The van der Waals surface area contributed by atoms with Crippen LogP contribution in [-0.2, 0) is 30.7 Å². The molecule has 8 aromatic rings. The van der Waals surface area contributed by atoms with Gasteiger partial charge in [0, 0.05) is 79.7 Å². The first-order valence-corrected chi connectivity index (χ1v) is 19.6. The molecule has 0 aliphatic heterocycles. The van der Waals surface area contributed by atoms with Gasteiger partial charge in [-0.15, -0.1) is 11.3 Å². The van der Waals surface area contributed by atoms with Gasteiger partial charge in [-0.05, 0) is 91.6 Å². The average molecular weight is 812 g/mol. The Bertz CT molecular complexity index is 2510. The monoisotopic (exact) mass is 810 g/mol. The smallest absolute Gasteiger partial charge is 0.416 e. The molecule has 0 fully saturated rings. The number of carbonyl (C=O) groups is 1.